The van der Waals surface area contributed by atoms with Crippen molar-refractivity contribution in [2.45, 2.75) is 6.92 Å². The van der Waals surface area contributed by atoms with Crippen molar-refractivity contribution in [3.63, 3.8) is 0 Å². The van der Waals surface area contributed by atoms with Crippen molar-refractivity contribution in [2.24, 2.45) is 0 Å². The van der Waals surface area contributed by atoms with Crippen molar-refractivity contribution in [1.82, 2.24) is 9.78 Å². The molecule has 0 spiro atoms. The monoisotopic (exact) mass is 426 g/mol. The van der Waals surface area contributed by atoms with Gasteiger partial charge in [-0.25, -0.2) is 4.68 Å². The number of para-hydroxylation sites is 2. The molecular weight excluding hydrogens is 404 g/mol. The van der Waals surface area contributed by atoms with Gasteiger partial charge in [0.25, 0.3) is 11.8 Å². The molecule has 7 nitrogen and oxygen atoms in total. The Bertz CT molecular complexity index is 1220. The predicted octanol–water partition coefficient (Wildman–Crippen LogP) is 4.45. The Hall–Kier alpha value is -4.39. The van der Waals surface area contributed by atoms with Gasteiger partial charge in [-0.05, 0) is 49.4 Å². The van der Waals surface area contributed by atoms with Gasteiger partial charge in [-0.2, -0.15) is 5.10 Å². The van der Waals surface area contributed by atoms with Gasteiger partial charge in [-0.3, -0.25) is 9.59 Å². The summed E-state index contributed by atoms with van der Waals surface area (Å²) in [5, 5.41) is 10.00. The van der Waals surface area contributed by atoms with E-state index in [-0.39, 0.29) is 18.4 Å². The zero-order valence-corrected chi connectivity index (χ0v) is 17.5. The van der Waals surface area contributed by atoms with Crippen LogP contribution in [0.25, 0.3) is 5.69 Å². The zero-order valence-electron chi connectivity index (χ0n) is 17.5. The Labute approximate surface area is 185 Å². The molecule has 2 N–H and O–H groups in total. The van der Waals surface area contributed by atoms with Crippen molar-refractivity contribution < 1.29 is 14.3 Å². The van der Waals surface area contributed by atoms with Gasteiger partial charge in [0, 0.05) is 23.1 Å². The summed E-state index contributed by atoms with van der Waals surface area (Å²) in [4.78, 5) is 24.8. The number of carbonyl (C=O) groups excluding carboxylic acids is 2. The van der Waals surface area contributed by atoms with Crippen LogP contribution in [0.15, 0.2) is 91.0 Å². The molecule has 0 fully saturated rings. The normalized spacial score (nSPS) is 10.4. The number of nitrogens with zero attached hydrogens (tertiary/aromatic N) is 2. The lowest BCUT2D eigenvalue weighted by atomic mass is 10.3. The van der Waals surface area contributed by atoms with Gasteiger partial charge in [0.05, 0.1) is 5.69 Å². The highest BCUT2D eigenvalue weighted by Crippen LogP contribution is 2.19. The van der Waals surface area contributed by atoms with E-state index in [4.69, 9.17) is 4.74 Å². The van der Waals surface area contributed by atoms with Gasteiger partial charge >= 0.3 is 0 Å². The molecule has 0 radical (unpaired) electrons. The van der Waals surface area contributed by atoms with Crippen LogP contribution in [0.4, 0.5) is 11.4 Å². The maximum atomic E-state index is 12.7. The highest BCUT2D eigenvalue weighted by Gasteiger charge is 2.14. The van der Waals surface area contributed by atoms with Gasteiger partial charge in [-0.15, -0.1) is 0 Å². The first kappa shape index (κ1) is 20.9. The number of ether oxygens (including phenoxy) is 1. The first-order valence-corrected chi connectivity index (χ1v) is 10.1. The van der Waals surface area contributed by atoms with Crippen LogP contribution in [0.1, 0.15) is 16.2 Å². The van der Waals surface area contributed by atoms with Crippen molar-refractivity contribution in [3.8, 4) is 11.4 Å². The quantitative estimate of drug-likeness (QED) is 0.457. The Morgan fingerprint density at radius 3 is 2.28 bits per heavy atom. The van der Waals surface area contributed by atoms with E-state index in [0.717, 1.165) is 11.4 Å². The van der Waals surface area contributed by atoms with E-state index in [0.29, 0.717) is 22.8 Å². The molecule has 3 aromatic carbocycles. The van der Waals surface area contributed by atoms with Crippen molar-refractivity contribution in [2.75, 3.05) is 17.2 Å². The van der Waals surface area contributed by atoms with E-state index < -0.39 is 0 Å². The molecule has 0 aliphatic rings. The number of aromatic nitrogens is 2. The maximum absolute atomic E-state index is 12.7. The third kappa shape index (κ3) is 5.20. The zero-order chi connectivity index (χ0) is 22.3. The fraction of sp³-hybridized carbons (Fsp3) is 0.0800. The standard InChI is InChI=1S/C25H22N4O3/c1-18-15-23(28-29(18)21-12-6-3-7-13-21)25(31)27-20-11-8-14-22(16-20)32-17-24(30)26-19-9-4-2-5-10-19/h2-16H,17H2,1H3,(H,26,30)(H,27,31). The topological polar surface area (TPSA) is 85.2 Å². The van der Waals surface area contributed by atoms with E-state index >= 15 is 0 Å². The fourth-order valence-corrected chi connectivity index (χ4v) is 3.14. The number of benzene rings is 3. The van der Waals surface area contributed by atoms with Crippen LogP contribution >= 0.6 is 0 Å². The highest BCUT2D eigenvalue weighted by atomic mass is 16.5. The van der Waals surface area contributed by atoms with Crippen LogP contribution in [0.2, 0.25) is 0 Å². The molecule has 160 valence electrons. The molecule has 7 heteroatoms. The molecule has 0 atom stereocenters. The first-order valence-electron chi connectivity index (χ1n) is 10.1. The average Bonchev–Trinajstić information content (AvgIpc) is 3.21. The van der Waals surface area contributed by atoms with E-state index in [1.807, 2.05) is 55.5 Å². The van der Waals surface area contributed by atoms with Crippen LogP contribution in [-0.2, 0) is 4.79 Å². The summed E-state index contributed by atoms with van der Waals surface area (Å²) < 4.78 is 7.29. The minimum atomic E-state index is -0.332. The number of carbonyl (C=O) groups is 2. The molecule has 2 amide bonds. The molecule has 0 bridgehead atoms. The summed E-state index contributed by atoms with van der Waals surface area (Å²) in [6, 6.07) is 27.4. The number of hydrogen-bond acceptors (Lipinski definition) is 4. The summed E-state index contributed by atoms with van der Waals surface area (Å²) in [6.07, 6.45) is 0. The molecule has 0 unspecified atom stereocenters. The lowest BCUT2D eigenvalue weighted by Crippen LogP contribution is -2.20. The molecule has 1 heterocycles. The number of hydrogen-bond donors (Lipinski definition) is 2. The molecule has 4 rings (SSSR count). The van der Waals surface area contributed by atoms with Gasteiger partial charge in [0.1, 0.15) is 5.75 Å². The predicted molar refractivity (Wildman–Crippen MR) is 123 cm³/mol. The number of rotatable bonds is 7. The second-order valence-electron chi connectivity index (χ2n) is 7.10. The van der Waals surface area contributed by atoms with Crippen molar-refractivity contribution in [3.05, 3.63) is 102 Å². The molecular formula is C25H22N4O3. The van der Waals surface area contributed by atoms with Gasteiger partial charge in [0.2, 0.25) is 0 Å². The Kier molecular flexibility index (Phi) is 6.27. The molecule has 0 aliphatic heterocycles. The molecule has 0 saturated carbocycles. The number of anilines is 2. The summed E-state index contributed by atoms with van der Waals surface area (Å²) in [5.74, 6) is -0.133. The highest BCUT2D eigenvalue weighted by molar-refractivity contribution is 6.03. The van der Waals surface area contributed by atoms with E-state index in [2.05, 4.69) is 15.7 Å². The fourth-order valence-electron chi connectivity index (χ4n) is 3.14. The Morgan fingerprint density at radius 2 is 1.53 bits per heavy atom. The van der Waals surface area contributed by atoms with Gasteiger partial charge < -0.3 is 15.4 Å². The minimum absolute atomic E-state index is 0.146. The summed E-state index contributed by atoms with van der Waals surface area (Å²) in [7, 11) is 0. The molecule has 0 saturated heterocycles. The Balaban J connectivity index is 1.37. The molecule has 32 heavy (non-hydrogen) atoms. The summed E-state index contributed by atoms with van der Waals surface area (Å²) in [5.41, 5.74) is 3.28. The van der Waals surface area contributed by atoms with Crippen LogP contribution in [-0.4, -0.2) is 28.2 Å². The largest absolute Gasteiger partial charge is 0.484 e. The van der Waals surface area contributed by atoms with Crippen molar-refractivity contribution >= 4 is 23.2 Å². The molecule has 1 aromatic heterocycles. The SMILES string of the molecule is Cc1cc(C(=O)Nc2cccc(OCC(=O)Nc3ccccc3)c2)nn1-c1ccccc1. The average molecular weight is 426 g/mol. The molecule has 0 aliphatic carbocycles. The maximum Gasteiger partial charge on any atom is 0.276 e. The van der Waals surface area contributed by atoms with E-state index in [1.165, 1.54) is 0 Å². The first-order chi connectivity index (χ1) is 15.6. The number of nitrogens with one attached hydrogen (secondary N) is 2. The number of aryl methyl sites for hydroxylation is 1. The van der Waals surface area contributed by atoms with Crippen LogP contribution in [0.3, 0.4) is 0 Å². The third-order valence-electron chi connectivity index (χ3n) is 4.64. The summed E-state index contributed by atoms with van der Waals surface area (Å²) >= 11 is 0. The lowest BCUT2D eigenvalue weighted by Gasteiger charge is -2.09. The second kappa shape index (κ2) is 9.61. The minimum Gasteiger partial charge on any atom is -0.484 e. The Morgan fingerprint density at radius 1 is 0.844 bits per heavy atom. The number of amides is 2. The van der Waals surface area contributed by atoms with Gasteiger partial charge in [0.15, 0.2) is 12.3 Å². The third-order valence-corrected chi connectivity index (χ3v) is 4.64. The molecule has 4 aromatic rings. The second-order valence-corrected chi connectivity index (χ2v) is 7.10. The van der Waals surface area contributed by atoms with E-state index in [1.54, 1.807) is 47.1 Å². The van der Waals surface area contributed by atoms with Crippen molar-refractivity contribution in [1.29, 1.82) is 0 Å². The lowest BCUT2D eigenvalue weighted by molar-refractivity contribution is -0.118. The van der Waals surface area contributed by atoms with E-state index in [9.17, 15) is 9.59 Å². The van der Waals surface area contributed by atoms with Gasteiger partial charge in [-0.1, -0.05) is 42.5 Å². The van der Waals surface area contributed by atoms with Crippen LogP contribution in [0, 0.1) is 6.92 Å². The summed E-state index contributed by atoms with van der Waals surface area (Å²) in [6.45, 7) is 1.75. The van der Waals surface area contributed by atoms with Crippen LogP contribution < -0.4 is 15.4 Å². The van der Waals surface area contributed by atoms with Crippen LogP contribution in [0.5, 0.6) is 5.75 Å². The smallest absolute Gasteiger partial charge is 0.276 e.